The maximum atomic E-state index is 12.5. The molecular formula is C20H25ClN4O. The van der Waals surface area contributed by atoms with Crippen molar-refractivity contribution in [3.63, 3.8) is 0 Å². The standard InChI is InChI=1S/C20H25ClN4O/c1-3-14-11-25(24-23-14)15-9-16-17(10-15)19(16)18(4-2)22-20(26)12-5-7-13(21)8-6-12/h5-8,11,15-19H,3-4,9-10H2,1-2H3,(H,22,26)/t15-,16-,17+,18?,19+. The summed E-state index contributed by atoms with van der Waals surface area (Å²) in [5.41, 5.74) is 1.73. The average molecular weight is 373 g/mol. The average Bonchev–Trinajstić information content (AvgIpc) is 3.04. The van der Waals surface area contributed by atoms with Gasteiger partial charge in [0.05, 0.1) is 11.7 Å². The zero-order valence-corrected chi connectivity index (χ0v) is 16.0. The van der Waals surface area contributed by atoms with Crippen molar-refractivity contribution in [3.05, 3.63) is 46.7 Å². The van der Waals surface area contributed by atoms with Gasteiger partial charge in [-0.2, -0.15) is 0 Å². The fourth-order valence-corrected chi connectivity index (χ4v) is 4.78. The number of halogens is 1. The van der Waals surface area contributed by atoms with Gasteiger partial charge in [-0.1, -0.05) is 30.7 Å². The lowest BCUT2D eigenvalue weighted by Crippen LogP contribution is -2.37. The molecule has 138 valence electrons. The van der Waals surface area contributed by atoms with Crippen LogP contribution >= 0.6 is 11.6 Å². The summed E-state index contributed by atoms with van der Waals surface area (Å²) in [6.45, 7) is 4.26. The van der Waals surface area contributed by atoms with Crippen LogP contribution in [0.4, 0.5) is 0 Å². The van der Waals surface area contributed by atoms with E-state index in [-0.39, 0.29) is 11.9 Å². The lowest BCUT2D eigenvalue weighted by Gasteiger charge is -2.21. The molecule has 0 aliphatic heterocycles. The van der Waals surface area contributed by atoms with Crippen LogP contribution in [0.3, 0.4) is 0 Å². The molecule has 1 heterocycles. The van der Waals surface area contributed by atoms with Crippen molar-refractivity contribution < 1.29 is 4.79 Å². The van der Waals surface area contributed by atoms with Gasteiger partial charge in [0.15, 0.2) is 0 Å². The van der Waals surface area contributed by atoms with Crippen LogP contribution in [-0.4, -0.2) is 26.9 Å². The number of nitrogens with zero attached hydrogens (tertiary/aromatic N) is 3. The molecule has 2 fully saturated rings. The maximum Gasteiger partial charge on any atom is 0.251 e. The van der Waals surface area contributed by atoms with Gasteiger partial charge in [0, 0.05) is 22.8 Å². The minimum Gasteiger partial charge on any atom is -0.349 e. The van der Waals surface area contributed by atoms with E-state index in [1.165, 1.54) is 0 Å². The Balaban J connectivity index is 1.35. The number of nitrogens with one attached hydrogen (secondary N) is 1. The Morgan fingerprint density at radius 2 is 1.96 bits per heavy atom. The van der Waals surface area contributed by atoms with Crippen LogP contribution < -0.4 is 5.32 Å². The molecule has 2 aliphatic carbocycles. The smallest absolute Gasteiger partial charge is 0.251 e. The Kier molecular flexibility index (Phi) is 4.74. The fourth-order valence-electron chi connectivity index (χ4n) is 4.65. The summed E-state index contributed by atoms with van der Waals surface area (Å²) in [6.07, 6.45) is 6.27. The summed E-state index contributed by atoms with van der Waals surface area (Å²) in [5, 5.41) is 12.4. The zero-order chi connectivity index (χ0) is 18.3. The second kappa shape index (κ2) is 7.03. The minimum absolute atomic E-state index is 0.00101. The summed E-state index contributed by atoms with van der Waals surface area (Å²) in [4.78, 5) is 12.5. The van der Waals surface area contributed by atoms with Gasteiger partial charge in [-0.3, -0.25) is 4.79 Å². The molecule has 0 saturated heterocycles. The molecule has 1 aromatic heterocycles. The lowest BCUT2D eigenvalue weighted by molar-refractivity contribution is 0.0926. The van der Waals surface area contributed by atoms with Crippen molar-refractivity contribution in [2.75, 3.05) is 0 Å². The number of fused-ring (bicyclic) bond motifs is 1. The van der Waals surface area contributed by atoms with Crippen molar-refractivity contribution >= 4 is 17.5 Å². The van der Waals surface area contributed by atoms with Gasteiger partial charge in [0.25, 0.3) is 5.91 Å². The predicted molar refractivity (Wildman–Crippen MR) is 101 cm³/mol. The molecule has 2 aliphatic rings. The van der Waals surface area contributed by atoms with Crippen LogP contribution in [0.15, 0.2) is 30.5 Å². The Bertz CT molecular complexity index is 775. The number of amides is 1. The van der Waals surface area contributed by atoms with E-state index in [0.29, 0.717) is 34.4 Å². The number of benzene rings is 1. The highest BCUT2D eigenvalue weighted by Gasteiger charge is 2.59. The Hall–Kier alpha value is -1.88. The fraction of sp³-hybridized carbons (Fsp3) is 0.550. The largest absolute Gasteiger partial charge is 0.349 e. The molecule has 2 saturated carbocycles. The van der Waals surface area contributed by atoms with Gasteiger partial charge in [-0.15, -0.1) is 5.10 Å². The van der Waals surface area contributed by atoms with Gasteiger partial charge in [0.2, 0.25) is 0 Å². The predicted octanol–water partition coefficient (Wildman–Crippen LogP) is 3.90. The van der Waals surface area contributed by atoms with E-state index in [2.05, 4.69) is 40.4 Å². The third-order valence-corrected chi connectivity index (χ3v) is 6.36. The van der Waals surface area contributed by atoms with Gasteiger partial charge < -0.3 is 5.32 Å². The van der Waals surface area contributed by atoms with Crippen molar-refractivity contribution in [1.82, 2.24) is 20.3 Å². The van der Waals surface area contributed by atoms with Gasteiger partial charge in [-0.05, 0) is 67.7 Å². The molecule has 0 spiro atoms. The van der Waals surface area contributed by atoms with Gasteiger partial charge in [-0.25, -0.2) is 4.68 Å². The quantitative estimate of drug-likeness (QED) is 0.836. The van der Waals surface area contributed by atoms with E-state index in [9.17, 15) is 4.79 Å². The van der Waals surface area contributed by atoms with Crippen LogP contribution in [0.5, 0.6) is 0 Å². The van der Waals surface area contributed by atoms with E-state index in [0.717, 1.165) is 31.4 Å². The molecule has 2 aromatic rings. The van der Waals surface area contributed by atoms with Crippen LogP contribution in [-0.2, 0) is 6.42 Å². The second-order valence-electron chi connectivity index (χ2n) is 7.57. The first kappa shape index (κ1) is 17.5. The van der Waals surface area contributed by atoms with E-state index >= 15 is 0 Å². The summed E-state index contributed by atoms with van der Waals surface area (Å²) >= 11 is 5.91. The summed E-state index contributed by atoms with van der Waals surface area (Å²) in [7, 11) is 0. The first-order valence-corrected chi connectivity index (χ1v) is 9.95. The third-order valence-electron chi connectivity index (χ3n) is 6.11. The van der Waals surface area contributed by atoms with Crippen LogP contribution in [0.25, 0.3) is 0 Å². The molecule has 0 bridgehead atoms. The Morgan fingerprint density at radius 1 is 1.27 bits per heavy atom. The molecule has 4 rings (SSSR count). The Morgan fingerprint density at radius 3 is 2.54 bits per heavy atom. The van der Waals surface area contributed by atoms with Crippen LogP contribution in [0.1, 0.15) is 55.2 Å². The number of aromatic nitrogens is 3. The second-order valence-corrected chi connectivity index (χ2v) is 8.01. The number of hydrogen-bond donors (Lipinski definition) is 1. The first-order chi connectivity index (χ1) is 12.6. The topological polar surface area (TPSA) is 59.8 Å². The van der Waals surface area contributed by atoms with Crippen LogP contribution in [0.2, 0.25) is 5.02 Å². The normalized spacial score (nSPS) is 27.8. The van der Waals surface area contributed by atoms with Gasteiger partial charge in [0.1, 0.15) is 0 Å². The van der Waals surface area contributed by atoms with E-state index in [1.54, 1.807) is 24.3 Å². The van der Waals surface area contributed by atoms with E-state index < -0.39 is 0 Å². The number of carbonyl (C=O) groups is 1. The molecule has 5 atom stereocenters. The molecule has 1 unspecified atom stereocenters. The number of carbonyl (C=O) groups excluding carboxylic acids is 1. The van der Waals surface area contributed by atoms with Gasteiger partial charge >= 0.3 is 0 Å². The molecule has 1 amide bonds. The van der Waals surface area contributed by atoms with Crippen molar-refractivity contribution in [3.8, 4) is 0 Å². The Labute approximate surface area is 159 Å². The summed E-state index contributed by atoms with van der Waals surface area (Å²) < 4.78 is 2.05. The van der Waals surface area contributed by atoms with Crippen molar-refractivity contribution in [1.29, 1.82) is 0 Å². The van der Waals surface area contributed by atoms with E-state index in [4.69, 9.17) is 11.6 Å². The molecule has 6 heteroatoms. The van der Waals surface area contributed by atoms with Crippen molar-refractivity contribution in [2.24, 2.45) is 17.8 Å². The molecule has 5 nitrogen and oxygen atoms in total. The molecule has 1 N–H and O–H groups in total. The SMILES string of the molecule is CCc1cn([C@@H]2C[C@@H]3[C@H](C2)[C@H]3C(CC)NC(=O)c2ccc(Cl)cc2)nn1. The molecule has 26 heavy (non-hydrogen) atoms. The first-order valence-electron chi connectivity index (χ1n) is 9.57. The zero-order valence-electron chi connectivity index (χ0n) is 15.2. The minimum atomic E-state index is -0.00101. The highest BCUT2D eigenvalue weighted by molar-refractivity contribution is 6.30. The molecular weight excluding hydrogens is 348 g/mol. The maximum absolute atomic E-state index is 12.5. The molecule has 1 aromatic carbocycles. The number of rotatable bonds is 6. The number of aryl methyl sites for hydroxylation is 1. The highest BCUT2D eigenvalue weighted by atomic mass is 35.5. The molecule has 0 radical (unpaired) electrons. The highest BCUT2D eigenvalue weighted by Crippen LogP contribution is 2.62. The van der Waals surface area contributed by atoms with Crippen molar-refractivity contribution in [2.45, 2.75) is 51.6 Å². The van der Waals surface area contributed by atoms with E-state index in [1.807, 2.05) is 0 Å². The summed E-state index contributed by atoms with van der Waals surface area (Å²) in [6, 6.07) is 7.80. The third kappa shape index (κ3) is 3.25. The van der Waals surface area contributed by atoms with Crippen LogP contribution in [0, 0.1) is 17.8 Å². The number of hydrogen-bond acceptors (Lipinski definition) is 3. The monoisotopic (exact) mass is 372 g/mol. The lowest BCUT2D eigenvalue weighted by atomic mass is 9.99. The summed E-state index contributed by atoms with van der Waals surface area (Å²) in [5.74, 6) is 2.00.